The number of nitrogens with zero attached hydrogens (tertiary/aromatic N) is 1. The van der Waals surface area contributed by atoms with Gasteiger partial charge in [0.05, 0.1) is 17.9 Å². The molecule has 1 aromatic rings. The predicted octanol–water partition coefficient (Wildman–Crippen LogP) is 1.06. The van der Waals surface area contributed by atoms with Crippen molar-refractivity contribution in [3.8, 4) is 5.88 Å². The Balaban J connectivity index is 2.57. The Bertz CT molecular complexity index is 362. The Morgan fingerprint density at radius 2 is 2.38 bits per heavy atom. The highest BCUT2D eigenvalue weighted by molar-refractivity contribution is 5.91. The lowest BCUT2D eigenvalue weighted by molar-refractivity contribution is 0.0444. The van der Waals surface area contributed by atoms with Crippen molar-refractivity contribution in [2.75, 3.05) is 6.61 Å². The summed E-state index contributed by atoms with van der Waals surface area (Å²) in [6, 6.07) is 2.92. The Hall–Kier alpha value is -1.58. The van der Waals surface area contributed by atoms with Gasteiger partial charge in [-0.25, -0.2) is 9.78 Å². The summed E-state index contributed by atoms with van der Waals surface area (Å²) >= 11 is 0. The third-order valence-corrected chi connectivity index (χ3v) is 2.06. The monoisotopic (exact) mass is 179 g/mol. The van der Waals surface area contributed by atoms with Gasteiger partial charge in [0.1, 0.15) is 0 Å². The van der Waals surface area contributed by atoms with Gasteiger partial charge in [0.25, 0.3) is 0 Å². The first-order valence-corrected chi connectivity index (χ1v) is 4.05. The van der Waals surface area contributed by atoms with Crippen LogP contribution in [0.1, 0.15) is 28.9 Å². The molecule has 0 bridgehead atoms. The molecule has 4 nitrogen and oxygen atoms in total. The number of aromatic nitrogens is 1. The van der Waals surface area contributed by atoms with Crippen molar-refractivity contribution in [2.24, 2.45) is 0 Å². The Morgan fingerprint density at radius 3 is 3.15 bits per heavy atom. The van der Waals surface area contributed by atoms with Crippen LogP contribution in [0.15, 0.2) is 12.1 Å². The second-order valence-electron chi connectivity index (χ2n) is 3.10. The predicted molar refractivity (Wildman–Crippen MR) is 44.6 cm³/mol. The number of hydrogen-bond acceptors (Lipinski definition) is 4. The summed E-state index contributed by atoms with van der Waals surface area (Å²) in [5.41, 5.74) is 1.08. The minimum absolute atomic E-state index is 0.0553. The molecule has 4 heteroatoms. The molecule has 1 atom stereocenters. The zero-order valence-electron chi connectivity index (χ0n) is 7.15. The van der Waals surface area contributed by atoms with Gasteiger partial charge < -0.3 is 9.84 Å². The maximum atomic E-state index is 11.2. The highest BCUT2D eigenvalue weighted by atomic mass is 16.5. The molecule has 0 aromatic carbocycles. The van der Waals surface area contributed by atoms with Crippen LogP contribution in [-0.4, -0.2) is 22.7 Å². The smallest absolute Gasteiger partial charge is 0.340 e. The van der Waals surface area contributed by atoms with Crippen LogP contribution in [0.4, 0.5) is 0 Å². The average molecular weight is 179 g/mol. The molecule has 0 aliphatic carbocycles. The molecule has 0 radical (unpaired) electrons. The molecule has 1 aliphatic rings. The molecule has 2 rings (SSSR count). The standard InChI is InChI=1S/C9H9NO3/c1-5-4-13-9(12)6-2-3-7(11)10-8(5)6/h2-3,5H,4H2,1H3,(H,10,11). The van der Waals surface area contributed by atoms with Crippen LogP contribution in [0.2, 0.25) is 0 Å². The first-order chi connectivity index (χ1) is 6.18. The molecule has 0 spiro atoms. The summed E-state index contributed by atoms with van der Waals surface area (Å²) in [6.07, 6.45) is 0. The van der Waals surface area contributed by atoms with Crippen LogP contribution in [-0.2, 0) is 4.74 Å². The Labute approximate surface area is 75.2 Å². The molecule has 0 saturated carbocycles. The maximum absolute atomic E-state index is 11.2. The minimum atomic E-state index is -0.361. The normalized spacial score (nSPS) is 20.7. The minimum Gasteiger partial charge on any atom is -0.493 e. The van der Waals surface area contributed by atoms with Crippen LogP contribution in [0.25, 0.3) is 0 Å². The first kappa shape index (κ1) is 8.04. The van der Waals surface area contributed by atoms with Crippen molar-refractivity contribution in [2.45, 2.75) is 12.8 Å². The maximum Gasteiger partial charge on any atom is 0.340 e. The lowest BCUT2D eigenvalue weighted by Gasteiger charge is -2.20. The number of cyclic esters (lactones) is 1. The molecule has 1 aromatic heterocycles. The third-order valence-electron chi connectivity index (χ3n) is 2.06. The number of fused-ring (bicyclic) bond motifs is 1. The second kappa shape index (κ2) is 2.73. The van der Waals surface area contributed by atoms with Gasteiger partial charge in [0.15, 0.2) is 0 Å². The van der Waals surface area contributed by atoms with Gasteiger partial charge >= 0.3 is 5.97 Å². The number of aromatic hydroxyl groups is 1. The van der Waals surface area contributed by atoms with E-state index in [9.17, 15) is 4.79 Å². The lowest BCUT2D eigenvalue weighted by atomic mass is 10.0. The fourth-order valence-corrected chi connectivity index (χ4v) is 1.37. The van der Waals surface area contributed by atoms with Crippen molar-refractivity contribution >= 4 is 5.97 Å². The number of carbonyl (C=O) groups is 1. The third kappa shape index (κ3) is 1.24. The van der Waals surface area contributed by atoms with E-state index in [2.05, 4.69) is 4.98 Å². The van der Waals surface area contributed by atoms with Crippen LogP contribution in [0, 0.1) is 0 Å². The zero-order chi connectivity index (χ0) is 9.42. The van der Waals surface area contributed by atoms with Crippen LogP contribution < -0.4 is 0 Å². The summed E-state index contributed by atoms with van der Waals surface area (Å²) in [7, 11) is 0. The van der Waals surface area contributed by atoms with Crippen molar-refractivity contribution < 1.29 is 14.6 Å². The van der Waals surface area contributed by atoms with E-state index in [1.54, 1.807) is 0 Å². The fraction of sp³-hybridized carbons (Fsp3) is 0.333. The Morgan fingerprint density at radius 1 is 1.62 bits per heavy atom. The van der Waals surface area contributed by atoms with Crippen LogP contribution >= 0.6 is 0 Å². The van der Waals surface area contributed by atoms with E-state index in [0.29, 0.717) is 17.9 Å². The van der Waals surface area contributed by atoms with Crippen LogP contribution in [0.5, 0.6) is 5.88 Å². The topological polar surface area (TPSA) is 59.4 Å². The van der Waals surface area contributed by atoms with Gasteiger partial charge in [0, 0.05) is 12.0 Å². The number of carbonyl (C=O) groups excluding carboxylic acids is 1. The zero-order valence-corrected chi connectivity index (χ0v) is 7.15. The van der Waals surface area contributed by atoms with Gasteiger partial charge in [-0.2, -0.15) is 0 Å². The van der Waals surface area contributed by atoms with Gasteiger partial charge in [-0.1, -0.05) is 6.92 Å². The molecule has 68 valence electrons. The second-order valence-corrected chi connectivity index (χ2v) is 3.10. The number of esters is 1. The summed E-state index contributed by atoms with van der Waals surface area (Å²) in [5, 5.41) is 9.13. The van der Waals surface area contributed by atoms with E-state index >= 15 is 0 Å². The van der Waals surface area contributed by atoms with Crippen molar-refractivity contribution in [1.82, 2.24) is 4.98 Å². The summed E-state index contributed by atoms with van der Waals surface area (Å²) < 4.78 is 4.90. The van der Waals surface area contributed by atoms with E-state index in [0.717, 1.165) is 0 Å². The van der Waals surface area contributed by atoms with Gasteiger partial charge in [-0.15, -0.1) is 0 Å². The van der Waals surface area contributed by atoms with Crippen molar-refractivity contribution in [3.05, 3.63) is 23.4 Å². The number of hydrogen-bond donors (Lipinski definition) is 1. The molecule has 1 N–H and O–H groups in total. The van der Waals surface area contributed by atoms with Gasteiger partial charge in [0.2, 0.25) is 5.88 Å². The molecule has 13 heavy (non-hydrogen) atoms. The van der Waals surface area contributed by atoms with Gasteiger partial charge in [-0.05, 0) is 6.07 Å². The van der Waals surface area contributed by atoms with Crippen LogP contribution in [0.3, 0.4) is 0 Å². The fourth-order valence-electron chi connectivity index (χ4n) is 1.37. The highest BCUT2D eigenvalue weighted by Crippen LogP contribution is 2.25. The largest absolute Gasteiger partial charge is 0.493 e. The molecular weight excluding hydrogens is 170 g/mol. The Kier molecular flexibility index (Phi) is 1.69. The first-order valence-electron chi connectivity index (χ1n) is 4.05. The number of pyridine rings is 1. The van der Waals surface area contributed by atoms with E-state index in [-0.39, 0.29) is 17.8 Å². The summed E-state index contributed by atoms with van der Waals surface area (Å²) in [5.74, 6) is -0.360. The molecule has 1 aliphatic heterocycles. The molecule has 0 amide bonds. The van der Waals surface area contributed by atoms with E-state index < -0.39 is 0 Å². The van der Waals surface area contributed by atoms with E-state index in [1.807, 2.05) is 6.92 Å². The number of rotatable bonds is 0. The molecule has 2 heterocycles. The number of ether oxygens (including phenoxy) is 1. The van der Waals surface area contributed by atoms with Crippen molar-refractivity contribution in [1.29, 1.82) is 0 Å². The molecular formula is C9H9NO3. The van der Waals surface area contributed by atoms with Gasteiger partial charge in [-0.3, -0.25) is 0 Å². The van der Waals surface area contributed by atoms with Crippen molar-refractivity contribution in [3.63, 3.8) is 0 Å². The summed E-state index contributed by atoms with van der Waals surface area (Å²) in [4.78, 5) is 15.1. The quantitative estimate of drug-likeness (QED) is 0.605. The van der Waals surface area contributed by atoms with E-state index in [1.165, 1.54) is 12.1 Å². The summed E-state index contributed by atoms with van der Waals surface area (Å²) in [6.45, 7) is 2.24. The highest BCUT2D eigenvalue weighted by Gasteiger charge is 2.25. The molecule has 1 unspecified atom stereocenters. The molecule has 0 fully saturated rings. The lowest BCUT2D eigenvalue weighted by Crippen LogP contribution is -2.21. The molecule has 0 saturated heterocycles. The SMILES string of the molecule is CC1COC(=O)c2ccc(O)nc21. The average Bonchev–Trinajstić information content (AvgIpc) is 2.12. The van der Waals surface area contributed by atoms with E-state index in [4.69, 9.17) is 9.84 Å².